The Balaban J connectivity index is 2.09. The van der Waals surface area contributed by atoms with Crippen molar-refractivity contribution in [2.24, 2.45) is 11.1 Å². The van der Waals surface area contributed by atoms with E-state index in [2.05, 4.69) is 63.8 Å². The van der Waals surface area contributed by atoms with Gasteiger partial charge < -0.3 is 5.73 Å². The lowest BCUT2D eigenvalue weighted by Gasteiger charge is -2.45. The molecule has 0 aliphatic carbocycles. The van der Waals surface area contributed by atoms with Crippen molar-refractivity contribution in [1.29, 1.82) is 0 Å². The first-order chi connectivity index (χ1) is 9.31. The summed E-state index contributed by atoms with van der Waals surface area (Å²) in [7, 11) is 0. The quantitative estimate of drug-likeness (QED) is 0.905. The van der Waals surface area contributed by atoms with E-state index in [9.17, 15) is 0 Å². The van der Waals surface area contributed by atoms with Crippen molar-refractivity contribution >= 4 is 0 Å². The molecule has 1 heterocycles. The molecule has 0 radical (unpaired) electrons. The van der Waals surface area contributed by atoms with Gasteiger partial charge in [0.15, 0.2) is 0 Å². The molecule has 1 saturated heterocycles. The largest absolute Gasteiger partial charge is 0.327 e. The Kier molecular flexibility index (Phi) is 4.55. The molecule has 0 bridgehead atoms. The van der Waals surface area contributed by atoms with Crippen LogP contribution >= 0.6 is 0 Å². The molecule has 1 aromatic carbocycles. The van der Waals surface area contributed by atoms with E-state index in [1.165, 1.54) is 11.1 Å². The van der Waals surface area contributed by atoms with Crippen LogP contribution in [0.1, 0.15) is 64.1 Å². The maximum absolute atomic E-state index is 6.24. The van der Waals surface area contributed by atoms with Gasteiger partial charge in [-0.3, -0.25) is 4.90 Å². The fraction of sp³-hybridized carbons (Fsp3) is 0.667. The van der Waals surface area contributed by atoms with Gasteiger partial charge in [-0.1, -0.05) is 52.0 Å². The van der Waals surface area contributed by atoms with Crippen LogP contribution in [-0.4, -0.2) is 24.0 Å². The highest BCUT2D eigenvalue weighted by atomic mass is 15.2. The minimum atomic E-state index is 0.213. The summed E-state index contributed by atoms with van der Waals surface area (Å²) in [5.41, 5.74) is 9.29. The van der Waals surface area contributed by atoms with Gasteiger partial charge >= 0.3 is 0 Å². The average molecular weight is 274 g/mol. The monoisotopic (exact) mass is 274 g/mol. The molecule has 2 unspecified atom stereocenters. The third-order valence-electron chi connectivity index (χ3n) is 4.97. The molecule has 0 saturated carbocycles. The van der Waals surface area contributed by atoms with E-state index in [0.717, 1.165) is 19.5 Å². The van der Waals surface area contributed by atoms with E-state index in [0.29, 0.717) is 18.0 Å². The number of hydrogen-bond donors (Lipinski definition) is 1. The number of rotatable bonds is 3. The number of benzene rings is 1. The van der Waals surface area contributed by atoms with Crippen molar-refractivity contribution in [3.63, 3.8) is 0 Å². The lowest BCUT2D eigenvalue weighted by atomic mass is 9.79. The first kappa shape index (κ1) is 15.5. The Hall–Kier alpha value is -0.860. The van der Waals surface area contributed by atoms with Gasteiger partial charge in [-0.15, -0.1) is 0 Å². The van der Waals surface area contributed by atoms with Gasteiger partial charge in [0.1, 0.15) is 0 Å². The van der Waals surface area contributed by atoms with E-state index in [1.54, 1.807) is 0 Å². The average Bonchev–Trinajstić information content (AvgIpc) is 2.41. The van der Waals surface area contributed by atoms with Crippen LogP contribution in [0.5, 0.6) is 0 Å². The van der Waals surface area contributed by atoms with Crippen LogP contribution in [0.3, 0.4) is 0 Å². The van der Waals surface area contributed by atoms with E-state index < -0.39 is 0 Å². The van der Waals surface area contributed by atoms with Crippen molar-refractivity contribution in [3.05, 3.63) is 35.4 Å². The summed E-state index contributed by atoms with van der Waals surface area (Å²) in [5.74, 6) is 0.603. The Morgan fingerprint density at radius 2 is 1.65 bits per heavy atom. The third kappa shape index (κ3) is 3.24. The van der Waals surface area contributed by atoms with Crippen LogP contribution in [0.2, 0.25) is 0 Å². The van der Waals surface area contributed by atoms with Gasteiger partial charge in [0.05, 0.1) is 0 Å². The molecule has 2 rings (SSSR count). The highest BCUT2D eigenvalue weighted by molar-refractivity contribution is 5.26. The summed E-state index contributed by atoms with van der Waals surface area (Å²) in [4.78, 5) is 2.58. The van der Waals surface area contributed by atoms with Crippen LogP contribution in [-0.2, 0) is 0 Å². The molecule has 0 aromatic heterocycles. The first-order valence-corrected chi connectivity index (χ1v) is 7.91. The summed E-state index contributed by atoms with van der Waals surface area (Å²) in [6, 6.07) is 9.94. The number of likely N-dealkylation sites (tertiary alicyclic amines) is 1. The maximum atomic E-state index is 6.24. The standard InChI is InChI=1S/C18H30N2/c1-13(2)15-6-8-16(9-7-15)14(3)20-11-10-17(19)18(4,5)12-20/h6-9,13-14,17H,10-12,19H2,1-5H3. The van der Waals surface area contributed by atoms with Crippen molar-refractivity contribution in [1.82, 2.24) is 4.90 Å². The third-order valence-corrected chi connectivity index (χ3v) is 4.97. The molecular weight excluding hydrogens is 244 g/mol. The smallest absolute Gasteiger partial charge is 0.0320 e. The fourth-order valence-electron chi connectivity index (χ4n) is 3.12. The molecule has 20 heavy (non-hydrogen) atoms. The van der Waals surface area contributed by atoms with Crippen LogP contribution in [0.15, 0.2) is 24.3 Å². The van der Waals surface area contributed by atoms with Gasteiger partial charge in [-0.05, 0) is 35.8 Å². The Bertz CT molecular complexity index is 433. The second-order valence-electron chi connectivity index (χ2n) is 7.35. The zero-order chi connectivity index (χ0) is 14.9. The van der Waals surface area contributed by atoms with Gasteiger partial charge in [0.2, 0.25) is 0 Å². The highest BCUT2D eigenvalue weighted by Gasteiger charge is 2.35. The maximum Gasteiger partial charge on any atom is 0.0320 e. The lowest BCUT2D eigenvalue weighted by Crippen LogP contribution is -2.52. The summed E-state index contributed by atoms with van der Waals surface area (Å²) >= 11 is 0. The summed E-state index contributed by atoms with van der Waals surface area (Å²) in [6.07, 6.45) is 1.10. The molecule has 2 heteroatoms. The van der Waals surface area contributed by atoms with Gasteiger partial charge in [-0.25, -0.2) is 0 Å². The molecule has 1 aliphatic heterocycles. The SMILES string of the molecule is CC(C)c1ccc(C(C)N2CCC(N)C(C)(C)C2)cc1. The topological polar surface area (TPSA) is 29.3 Å². The lowest BCUT2D eigenvalue weighted by molar-refractivity contribution is 0.0664. The Morgan fingerprint density at radius 3 is 2.15 bits per heavy atom. The van der Waals surface area contributed by atoms with Crippen molar-refractivity contribution < 1.29 is 0 Å². The zero-order valence-electron chi connectivity index (χ0n) is 13.7. The highest BCUT2D eigenvalue weighted by Crippen LogP contribution is 2.33. The first-order valence-electron chi connectivity index (χ1n) is 7.91. The Labute approximate surface area is 124 Å². The fourth-order valence-corrected chi connectivity index (χ4v) is 3.12. The summed E-state index contributed by atoms with van der Waals surface area (Å²) in [5, 5.41) is 0. The van der Waals surface area contributed by atoms with Crippen LogP contribution in [0.4, 0.5) is 0 Å². The molecule has 0 amide bonds. The molecular formula is C18H30N2. The molecule has 2 nitrogen and oxygen atoms in total. The van der Waals surface area contributed by atoms with Crippen LogP contribution in [0, 0.1) is 5.41 Å². The van der Waals surface area contributed by atoms with Crippen LogP contribution in [0.25, 0.3) is 0 Å². The predicted octanol–water partition coefficient (Wildman–Crippen LogP) is 3.93. The molecule has 1 aromatic rings. The van der Waals surface area contributed by atoms with Gasteiger partial charge in [-0.2, -0.15) is 0 Å². The molecule has 2 N–H and O–H groups in total. The second kappa shape index (κ2) is 5.87. The summed E-state index contributed by atoms with van der Waals surface area (Å²) < 4.78 is 0. The van der Waals surface area contributed by atoms with Crippen molar-refractivity contribution in [3.8, 4) is 0 Å². The van der Waals surface area contributed by atoms with Crippen molar-refractivity contribution in [2.75, 3.05) is 13.1 Å². The predicted molar refractivity (Wildman–Crippen MR) is 86.9 cm³/mol. The van der Waals surface area contributed by atoms with Gasteiger partial charge in [0.25, 0.3) is 0 Å². The number of hydrogen-bond acceptors (Lipinski definition) is 2. The van der Waals surface area contributed by atoms with Crippen LogP contribution < -0.4 is 5.73 Å². The van der Waals surface area contributed by atoms with E-state index in [4.69, 9.17) is 5.73 Å². The number of nitrogens with zero attached hydrogens (tertiary/aromatic N) is 1. The molecule has 0 spiro atoms. The number of nitrogens with two attached hydrogens (primary N) is 1. The minimum absolute atomic E-state index is 0.213. The molecule has 112 valence electrons. The molecule has 1 aliphatic rings. The normalized spacial score (nSPS) is 24.9. The zero-order valence-corrected chi connectivity index (χ0v) is 13.7. The minimum Gasteiger partial charge on any atom is -0.327 e. The van der Waals surface area contributed by atoms with E-state index >= 15 is 0 Å². The van der Waals surface area contributed by atoms with E-state index in [-0.39, 0.29) is 5.41 Å². The van der Waals surface area contributed by atoms with E-state index in [1.807, 2.05) is 0 Å². The number of piperidine rings is 1. The second-order valence-corrected chi connectivity index (χ2v) is 7.35. The summed E-state index contributed by atoms with van der Waals surface area (Å²) in [6.45, 7) is 13.6. The molecule has 2 atom stereocenters. The van der Waals surface area contributed by atoms with Crippen molar-refractivity contribution in [2.45, 2.75) is 59.0 Å². The Morgan fingerprint density at radius 1 is 1.10 bits per heavy atom. The molecule has 1 fully saturated rings. The van der Waals surface area contributed by atoms with Gasteiger partial charge in [0, 0.05) is 25.2 Å².